The van der Waals surface area contributed by atoms with Gasteiger partial charge in [0.1, 0.15) is 5.75 Å². The molecule has 7 heteroatoms. The van der Waals surface area contributed by atoms with E-state index in [0.717, 1.165) is 48.7 Å². The van der Waals surface area contributed by atoms with Gasteiger partial charge in [-0.1, -0.05) is 12.1 Å². The first-order valence-electron chi connectivity index (χ1n) is 11.2. The van der Waals surface area contributed by atoms with Crippen LogP contribution in [0.4, 0.5) is 0 Å². The molecule has 2 N–H and O–H groups in total. The molecule has 6 nitrogen and oxygen atoms in total. The maximum Gasteiger partial charge on any atom is 0.191 e. The average molecular weight is 530 g/mol. The van der Waals surface area contributed by atoms with Gasteiger partial charge in [0.15, 0.2) is 5.96 Å². The number of nitrogens with one attached hydrogen (secondary N) is 2. The van der Waals surface area contributed by atoms with E-state index < -0.39 is 0 Å². The smallest absolute Gasteiger partial charge is 0.191 e. The Labute approximate surface area is 199 Å². The zero-order valence-electron chi connectivity index (χ0n) is 18.8. The van der Waals surface area contributed by atoms with Gasteiger partial charge in [0.2, 0.25) is 0 Å². The number of guanidine groups is 1. The Balaban J connectivity index is 0.00000320. The zero-order valence-corrected chi connectivity index (χ0v) is 21.1. The lowest BCUT2D eigenvalue weighted by molar-refractivity contribution is 0.172. The molecule has 1 heterocycles. The Morgan fingerprint density at radius 1 is 1.20 bits per heavy atom. The van der Waals surface area contributed by atoms with E-state index in [1.54, 1.807) is 7.11 Å². The molecule has 1 aliphatic heterocycles. The molecule has 0 spiro atoms. The zero-order chi connectivity index (χ0) is 20.5. The van der Waals surface area contributed by atoms with Gasteiger partial charge in [0.05, 0.1) is 13.2 Å². The van der Waals surface area contributed by atoms with Crippen molar-refractivity contribution in [1.29, 1.82) is 0 Å². The maximum atomic E-state index is 6.00. The third kappa shape index (κ3) is 8.23. The Hall–Kier alpha value is -1.06. The summed E-state index contributed by atoms with van der Waals surface area (Å²) >= 11 is 0. The van der Waals surface area contributed by atoms with Crippen LogP contribution in [-0.4, -0.2) is 63.4 Å². The molecule has 1 aromatic rings. The molecule has 0 aromatic heterocycles. The standard InChI is InChI=1S/C23H38N4O2.HI/c1-4-24-23(25-15-19-10-11-27(17-19)21-8-9-21)26-16-20-7-6-18(2)14-22(20)29-13-5-12-28-3;/h6-7,14,19,21H,4-5,8-13,15-17H2,1-3H3,(H2,24,25,26);1H. The lowest BCUT2D eigenvalue weighted by Crippen LogP contribution is -2.40. The average Bonchev–Trinajstić information content (AvgIpc) is 3.46. The summed E-state index contributed by atoms with van der Waals surface area (Å²) in [6.45, 7) is 10.5. The van der Waals surface area contributed by atoms with Crippen molar-refractivity contribution in [3.05, 3.63) is 29.3 Å². The highest BCUT2D eigenvalue weighted by Gasteiger charge is 2.34. The predicted molar refractivity (Wildman–Crippen MR) is 134 cm³/mol. The van der Waals surface area contributed by atoms with Gasteiger partial charge in [-0.15, -0.1) is 24.0 Å². The summed E-state index contributed by atoms with van der Waals surface area (Å²) in [5.74, 6) is 2.54. The first-order valence-corrected chi connectivity index (χ1v) is 11.2. The van der Waals surface area contributed by atoms with Crippen LogP contribution in [0.3, 0.4) is 0 Å². The molecule has 1 unspecified atom stereocenters. The van der Waals surface area contributed by atoms with Gasteiger partial charge in [-0.25, -0.2) is 4.99 Å². The number of aliphatic imine (C=N–C) groups is 1. The molecule has 2 aliphatic rings. The third-order valence-electron chi connectivity index (χ3n) is 5.66. The molecule has 1 saturated heterocycles. The minimum atomic E-state index is 0. The minimum absolute atomic E-state index is 0. The molecular formula is C23H39IN4O2. The molecule has 1 saturated carbocycles. The highest BCUT2D eigenvalue weighted by Crippen LogP contribution is 2.31. The summed E-state index contributed by atoms with van der Waals surface area (Å²) in [6.07, 6.45) is 4.98. The second-order valence-electron chi connectivity index (χ2n) is 8.26. The molecule has 0 amide bonds. The van der Waals surface area contributed by atoms with E-state index >= 15 is 0 Å². The molecule has 30 heavy (non-hydrogen) atoms. The monoisotopic (exact) mass is 530 g/mol. The van der Waals surface area contributed by atoms with Crippen molar-refractivity contribution < 1.29 is 9.47 Å². The first kappa shape index (κ1) is 25.2. The van der Waals surface area contributed by atoms with Gasteiger partial charge in [0.25, 0.3) is 0 Å². The van der Waals surface area contributed by atoms with Crippen LogP contribution in [-0.2, 0) is 11.3 Å². The van der Waals surface area contributed by atoms with E-state index in [1.807, 2.05) is 0 Å². The quantitative estimate of drug-likeness (QED) is 0.198. The SMILES string of the molecule is CCNC(=NCc1ccc(C)cc1OCCCOC)NCC1CCN(C2CC2)C1.I. The van der Waals surface area contributed by atoms with Gasteiger partial charge in [0, 0.05) is 51.4 Å². The number of benzene rings is 1. The van der Waals surface area contributed by atoms with Crippen LogP contribution >= 0.6 is 24.0 Å². The number of ether oxygens (including phenoxy) is 2. The third-order valence-corrected chi connectivity index (χ3v) is 5.66. The molecule has 0 bridgehead atoms. The van der Waals surface area contributed by atoms with Crippen molar-refractivity contribution in [2.45, 2.75) is 52.1 Å². The molecule has 1 atom stereocenters. The summed E-state index contributed by atoms with van der Waals surface area (Å²) in [7, 11) is 1.72. The molecule has 0 radical (unpaired) electrons. The van der Waals surface area contributed by atoms with E-state index in [0.29, 0.717) is 19.8 Å². The number of likely N-dealkylation sites (tertiary alicyclic amines) is 1. The fraction of sp³-hybridized carbons (Fsp3) is 0.696. The normalized spacial score (nSPS) is 19.4. The topological polar surface area (TPSA) is 58.1 Å². The minimum Gasteiger partial charge on any atom is -0.493 e. The van der Waals surface area contributed by atoms with Crippen molar-refractivity contribution in [3.63, 3.8) is 0 Å². The van der Waals surface area contributed by atoms with E-state index in [2.05, 4.69) is 47.6 Å². The number of rotatable bonds is 11. The maximum absolute atomic E-state index is 6.00. The Kier molecular flexibility index (Phi) is 11.2. The second-order valence-corrected chi connectivity index (χ2v) is 8.26. The molecule has 170 valence electrons. The number of methoxy groups -OCH3 is 1. The van der Waals surface area contributed by atoms with Crippen LogP contribution in [0.5, 0.6) is 5.75 Å². The lowest BCUT2D eigenvalue weighted by atomic mass is 10.1. The number of nitrogens with zero attached hydrogens (tertiary/aromatic N) is 2. The van der Waals surface area contributed by atoms with E-state index in [9.17, 15) is 0 Å². The van der Waals surface area contributed by atoms with Crippen LogP contribution in [0.15, 0.2) is 23.2 Å². The highest BCUT2D eigenvalue weighted by molar-refractivity contribution is 14.0. The summed E-state index contributed by atoms with van der Waals surface area (Å²) in [4.78, 5) is 7.48. The number of aryl methyl sites for hydroxylation is 1. The summed E-state index contributed by atoms with van der Waals surface area (Å²) < 4.78 is 11.1. The van der Waals surface area contributed by atoms with Crippen molar-refractivity contribution in [2.24, 2.45) is 10.9 Å². The van der Waals surface area contributed by atoms with Crippen LogP contribution in [0.2, 0.25) is 0 Å². The Morgan fingerprint density at radius 3 is 2.77 bits per heavy atom. The predicted octanol–water partition coefficient (Wildman–Crippen LogP) is 3.57. The molecular weight excluding hydrogens is 491 g/mol. The summed E-state index contributed by atoms with van der Waals surface area (Å²) in [5.41, 5.74) is 2.32. The van der Waals surface area contributed by atoms with Gasteiger partial charge in [-0.05, 0) is 57.2 Å². The van der Waals surface area contributed by atoms with Gasteiger partial charge in [-0.2, -0.15) is 0 Å². The van der Waals surface area contributed by atoms with Crippen molar-refractivity contribution in [3.8, 4) is 5.75 Å². The number of hydrogen-bond acceptors (Lipinski definition) is 4. The van der Waals surface area contributed by atoms with Gasteiger partial charge < -0.3 is 25.0 Å². The molecule has 2 fully saturated rings. The second kappa shape index (κ2) is 13.4. The highest BCUT2D eigenvalue weighted by atomic mass is 127. The fourth-order valence-electron chi connectivity index (χ4n) is 3.86. The molecule has 1 aromatic carbocycles. The van der Waals surface area contributed by atoms with Crippen molar-refractivity contribution >= 4 is 29.9 Å². The summed E-state index contributed by atoms with van der Waals surface area (Å²) in [6, 6.07) is 7.23. The van der Waals surface area contributed by atoms with Crippen LogP contribution in [0.25, 0.3) is 0 Å². The van der Waals surface area contributed by atoms with Crippen molar-refractivity contribution in [2.75, 3.05) is 46.5 Å². The van der Waals surface area contributed by atoms with Gasteiger partial charge in [-0.3, -0.25) is 0 Å². The number of hydrogen-bond donors (Lipinski definition) is 2. The van der Waals surface area contributed by atoms with E-state index in [1.165, 1.54) is 37.9 Å². The van der Waals surface area contributed by atoms with Crippen molar-refractivity contribution in [1.82, 2.24) is 15.5 Å². The molecule has 3 rings (SSSR count). The Bertz CT molecular complexity index is 667. The fourth-order valence-corrected chi connectivity index (χ4v) is 3.86. The summed E-state index contributed by atoms with van der Waals surface area (Å²) in [5, 5.41) is 6.94. The van der Waals surface area contributed by atoms with E-state index in [4.69, 9.17) is 14.5 Å². The number of halogens is 1. The van der Waals surface area contributed by atoms with E-state index in [-0.39, 0.29) is 24.0 Å². The first-order chi connectivity index (χ1) is 14.2. The van der Waals surface area contributed by atoms with Gasteiger partial charge >= 0.3 is 0 Å². The van der Waals surface area contributed by atoms with Crippen LogP contribution in [0, 0.1) is 12.8 Å². The lowest BCUT2D eigenvalue weighted by Gasteiger charge is -2.17. The van der Waals surface area contributed by atoms with Crippen LogP contribution < -0.4 is 15.4 Å². The largest absolute Gasteiger partial charge is 0.493 e. The van der Waals surface area contributed by atoms with Crippen LogP contribution in [0.1, 0.15) is 43.7 Å². The molecule has 1 aliphatic carbocycles. The Morgan fingerprint density at radius 2 is 2.03 bits per heavy atom.